The van der Waals surface area contributed by atoms with Crippen molar-refractivity contribution in [1.82, 2.24) is 0 Å². The minimum Gasteiger partial charge on any atom is -0.282 e. The lowest BCUT2D eigenvalue weighted by atomic mass is 10.1. The standard InChI is InChI=1S/C18H24O3SSi/c1-14-12-15(2)18(17(13-14)22(19,20)21)23(3,4)11-10-16-8-6-5-7-9-16/h5-9,12-13H,10-11H2,1-4H3,(H,19,20,21). The number of hydrogen-bond donors (Lipinski definition) is 1. The van der Waals surface area contributed by atoms with Gasteiger partial charge in [0.05, 0.1) is 13.0 Å². The maximum atomic E-state index is 11.9. The molecule has 5 heteroatoms. The van der Waals surface area contributed by atoms with Gasteiger partial charge >= 0.3 is 0 Å². The Morgan fingerprint density at radius 1 is 1.04 bits per heavy atom. The van der Waals surface area contributed by atoms with Gasteiger partial charge in [0.25, 0.3) is 10.1 Å². The van der Waals surface area contributed by atoms with E-state index in [0.29, 0.717) is 0 Å². The quantitative estimate of drug-likeness (QED) is 0.662. The maximum Gasteiger partial charge on any atom is 0.294 e. The molecule has 23 heavy (non-hydrogen) atoms. The van der Waals surface area contributed by atoms with Crippen LogP contribution in [0.3, 0.4) is 0 Å². The second kappa shape index (κ2) is 6.59. The van der Waals surface area contributed by atoms with Gasteiger partial charge in [0, 0.05) is 0 Å². The number of aryl methyl sites for hydroxylation is 3. The van der Waals surface area contributed by atoms with Crippen LogP contribution in [-0.2, 0) is 16.5 Å². The van der Waals surface area contributed by atoms with Crippen LogP contribution >= 0.6 is 0 Å². The molecule has 2 aromatic carbocycles. The molecular weight excluding hydrogens is 324 g/mol. The predicted octanol–water partition coefficient (Wildman–Crippen LogP) is 3.71. The van der Waals surface area contributed by atoms with Crippen molar-refractivity contribution in [2.24, 2.45) is 0 Å². The van der Waals surface area contributed by atoms with Crippen molar-refractivity contribution < 1.29 is 13.0 Å². The van der Waals surface area contributed by atoms with Crippen molar-refractivity contribution in [3.05, 3.63) is 59.2 Å². The molecule has 1 N–H and O–H groups in total. The van der Waals surface area contributed by atoms with E-state index in [1.54, 1.807) is 6.07 Å². The van der Waals surface area contributed by atoms with E-state index >= 15 is 0 Å². The van der Waals surface area contributed by atoms with Crippen molar-refractivity contribution in [2.45, 2.75) is 44.3 Å². The number of benzene rings is 2. The summed E-state index contributed by atoms with van der Waals surface area (Å²) in [6, 6.07) is 14.7. The Morgan fingerprint density at radius 2 is 1.65 bits per heavy atom. The first-order valence-electron chi connectivity index (χ1n) is 7.74. The number of rotatable bonds is 5. The van der Waals surface area contributed by atoms with Crippen molar-refractivity contribution in [3.63, 3.8) is 0 Å². The molecule has 0 saturated heterocycles. The Morgan fingerprint density at radius 3 is 2.22 bits per heavy atom. The van der Waals surface area contributed by atoms with Crippen LogP contribution in [0.15, 0.2) is 47.4 Å². The SMILES string of the molecule is Cc1cc(C)c([Si](C)(C)CCc2ccccc2)c(S(=O)(=O)O)c1. The molecule has 3 nitrogen and oxygen atoms in total. The lowest BCUT2D eigenvalue weighted by Crippen LogP contribution is -2.46. The molecule has 0 spiro atoms. The second-order valence-electron chi connectivity index (χ2n) is 6.80. The summed E-state index contributed by atoms with van der Waals surface area (Å²) in [5.74, 6) is 0. The summed E-state index contributed by atoms with van der Waals surface area (Å²) in [5.41, 5.74) is 3.07. The first-order valence-corrected chi connectivity index (χ1v) is 12.4. The molecule has 0 atom stereocenters. The van der Waals surface area contributed by atoms with Crippen molar-refractivity contribution in [3.8, 4) is 0 Å². The van der Waals surface area contributed by atoms with E-state index in [4.69, 9.17) is 0 Å². The summed E-state index contributed by atoms with van der Waals surface area (Å²) < 4.78 is 33.4. The van der Waals surface area contributed by atoms with Crippen LogP contribution in [0.5, 0.6) is 0 Å². The molecule has 0 heterocycles. The Labute approximate surface area is 140 Å². The van der Waals surface area contributed by atoms with Crippen molar-refractivity contribution >= 4 is 23.4 Å². The molecule has 0 fully saturated rings. The first kappa shape index (κ1) is 17.9. The highest BCUT2D eigenvalue weighted by atomic mass is 32.2. The second-order valence-corrected chi connectivity index (χ2v) is 13.0. The fraction of sp³-hybridized carbons (Fsp3) is 0.333. The molecule has 0 aliphatic rings. The summed E-state index contributed by atoms with van der Waals surface area (Å²) in [4.78, 5) is 0.0970. The minimum absolute atomic E-state index is 0.0970. The third-order valence-corrected chi connectivity index (χ3v) is 8.86. The van der Waals surface area contributed by atoms with Gasteiger partial charge in [-0.3, -0.25) is 4.55 Å². The molecule has 0 aliphatic carbocycles. The van der Waals surface area contributed by atoms with Gasteiger partial charge in [-0.15, -0.1) is 0 Å². The zero-order valence-corrected chi connectivity index (χ0v) is 15.9. The third-order valence-electron chi connectivity index (χ3n) is 4.28. The average molecular weight is 349 g/mol. The lowest BCUT2D eigenvalue weighted by Gasteiger charge is -2.27. The monoisotopic (exact) mass is 348 g/mol. The number of hydrogen-bond acceptors (Lipinski definition) is 2. The van der Waals surface area contributed by atoms with Gasteiger partial charge in [0.2, 0.25) is 0 Å². The Hall–Kier alpha value is -1.43. The predicted molar refractivity (Wildman–Crippen MR) is 97.8 cm³/mol. The summed E-state index contributed by atoms with van der Waals surface area (Å²) in [6.45, 7) is 8.13. The molecule has 0 bridgehead atoms. The average Bonchev–Trinajstić information content (AvgIpc) is 2.44. The van der Waals surface area contributed by atoms with Crippen LogP contribution in [0.2, 0.25) is 19.1 Å². The van der Waals surface area contributed by atoms with Gasteiger partial charge < -0.3 is 0 Å². The minimum atomic E-state index is -4.21. The molecule has 124 valence electrons. The van der Waals surface area contributed by atoms with E-state index in [1.165, 1.54) is 5.56 Å². The molecule has 2 aromatic rings. The summed E-state index contributed by atoms with van der Waals surface area (Å²) in [7, 11) is -6.23. The highest BCUT2D eigenvalue weighted by Crippen LogP contribution is 2.22. The van der Waals surface area contributed by atoms with Gasteiger partial charge in [0.15, 0.2) is 0 Å². The largest absolute Gasteiger partial charge is 0.294 e. The molecule has 0 unspecified atom stereocenters. The van der Waals surface area contributed by atoms with Gasteiger partial charge in [-0.1, -0.05) is 55.1 Å². The van der Waals surface area contributed by atoms with Crippen LogP contribution in [0, 0.1) is 13.8 Å². The highest BCUT2D eigenvalue weighted by molar-refractivity contribution is 7.86. The van der Waals surface area contributed by atoms with Crippen LogP contribution in [0.25, 0.3) is 0 Å². The van der Waals surface area contributed by atoms with E-state index in [-0.39, 0.29) is 4.90 Å². The van der Waals surface area contributed by atoms with Gasteiger partial charge in [-0.2, -0.15) is 8.42 Å². The van der Waals surface area contributed by atoms with Crippen LogP contribution in [0.1, 0.15) is 16.7 Å². The highest BCUT2D eigenvalue weighted by Gasteiger charge is 2.31. The molecular formula is C18H24O3SSi. The summed E-state index contributed by atoms with van der Waals surface area (Å²) in [5, 5.41) is 0.849. The lowest BCUT2D eigenvalue weighted by molar-refractivity contribution is 0.483. The molecule has 0 radical (unpaired) electrons. The zero-order chi connectivity index (χ0) is 17.3. The molecule has 0 amide bonds. The van der Waals surface area contributed by atoms with E-state index in [2.05, 4.69) is 25.2 Å². The van der Waals surface area contributed by atoms with Gasteiger partial charge in [0.1, 0.15) is 0 Å². The van der Waals surface area contributed by atoms with E-state index in [0.717, 1.165) is 28.8 Å². The summed E-state index contributed by atoms with van der Waals surface area (Å²) >= 11 is 0. The maximum absolute atomic E-state index is 11.9. The van der Waals surface area contributed by atoms with Gasteiger partial charge in [-0.05, 0) is 48.7 Å². The van der Waals surface area contributed by atoms with E-state index < -0.39 is 18.2 Å². The molecule has 0 saturated carbocycles. The van der Waals surface area contributed by atoms with Crippen molar-refractivity contribution in [1.29, 1.82) is 0 Å². The Balaban J connectivity index is 2.43. The molecule has 0 aromatic heterocycles. The summed E-state index contributed by atoms with van der Waals surface area (Å²) in [6.07, 6.45) is 0.915. The van der Waals surface area contributed by atoms with Gasteiger partial charge in [-0.25, -0.2) is 0 Å². The fourth-order valence-corrected chi connectivity index (χ4v) is 8.24. The molecule has 0 aliphatic heterocycles. The van der Waals surface area contributed by atoms with Crippen LogP contribution in [-0.4, -0.2) is 21.0 Å². The van der Waals surface area contributed by atoms with Crippen LogP contribution in [0.4, 0.5) is 0 Å². The van der Waals surface area contributed by atoms with Crippen LogP contribution < -0.4 is 5.19 Å². The van der Waals surface area contributed by atoms with E-state index in [9.17, 15) is 13.0 Å². The first-order chi connectivity index (χ1) is 10.6. The fourth-order valence-electron chi connectivity index (χ4n) is 3.23. The Kier molecular flexibility index (Phi) is 5.13. The molecule has 2 rings (SSSR count). The normalized spacial score (nSPS) is 12.4. The smallest absolute Gasteiger partial charge is 0.282 e. The van der Waals surface area contributed by atoms with Crippen molar-refractivity contribution in [2.75, 3.05) is 0 Å². The topological polar surface area (TPSA) is 54.4 Å². The Bertz CT molecular complexity index is 797. The zero-order valence-electron chi connectivity index (χ0n) is 14.1. The van der Waals surface area contributed by atoms with E-state index in [1.807, 2.05) is 38.1 Å². The third kappa shape index (κ3) is 4.31.